The van der Waals surface area contributed by atoms with Crippen LogP contribution in [-0.2, 0) is 9.53 Å². The number of fused-ring (bicyclic) bond motifs is 1. The maximum Gasteiger partial charge on any atom is 0.223 e. The number of para-hydroxylation sites is 1. The van der Waals surface area contributed by atoms with Gasteiger partial charge < -0.3 is 14.5 Å². The molecule has 0 saturated carbocycles. The quantitative estimate of drug-likeness (QED) is 0.562. The largest absolute Gasteiger partial charge is 0.381 e. The zero-order chi connectivity index (χ0) is 24.4. The summed E-state index contributed by atoms with van der Waals surface area (Å²) in [5, 5.41) is 5.67. The van der Waals surface area contributed by atoms with Crippen LogP contribution < -0.4 is 4.90 Å². The van der Waals surface area contributed by atoms with Crippen LogP contribution in [0.15, 0.2) is 36.5 Å². The summed E-state index contributed by atoms with van der Waals surface area (Å²) in [6.07, 6.45) is 5.24. The lowest BCUT2D eigenvalue weighted by atomic mass is 9.91. The van der Waals surface area contributed by atoms with E-state index >= 15 is 0 Å². The highest BCUT2D eigenvalue weighted by Gasteiger charge is 2.27. The summed E-state index contributed by atoms with van der Waals surface area (Å²) in [4.78, 5) is 27.4. The molecule has 0 spiro atoms. The second kappa shape index (κ2) is 9.93. The van der Waals surface area contributed by atoms with Crippen LogP contribution in [0.1, 0.15) is 58.2 Å². The van der Waals surface area contributed by atoms with Crippen LogP contribution in [-0.4, -0.2) is 69.9 Å². The van der Waals surface area contributed by atoms with E-state index in [1.54, 1.807) is 0 Å². The second-order valence-electron chi connectivity index (χ2n) is 10.9. The summed E-state index contributed by atoms with van der Waals surface area (Å²) >= 11 is 0. The molecule has 2 aliphatic heterocycles. The van der Waals surface area contributed by atoms with Gasteiger partial charge in [0, 0.05) is 51.7 Å². The van der Waals surface area contributed by atoms with E-state index in [1.807, 2.05) is 46.1 Å². The Morgan fingerprint density at radius 2 is 1.80 bits per heavy atom. The van der Waals surface area contributed by atoms with Crippen molar-refractivity contribution >= 4 is 22.8 Å². The number of aromatic nitrogens is 4. The molecule has 0 N–H and O–H groups in total. The van der Waals surface area contributed by atoms with Gasteiger partial charge in [0.15, 0.2) is 5.65 Å². The molecule has 186 valence electrons. The van der Waals surface area contributed by atoms with Crippen LogP contribution in [0.5, 0.6) is 0 Å². The Bertz CT molecular complexity index is 1160. The van der Waals surface area contributed by atoms with Gasteiger partial charge in [-0.15, -0.1) is 0 Å². The monoisotopic (exact) mass is 476 g/mol. The van der Waals surface area contributed by atoms with Crippen LogP contribution in [0.3, 0.4) is 0 Å². The minimum absolute atomic E-state index is 0.00741. The summed E-state index contributed by atoms with van der Waals surface area (Å²) in [7, 11) is 0. The molecule has 2 aromatic heterocycles. The Balaban J connectivity index is 1.49. The maximum absolute atomic E-state index is 12.9. The van der Waals surface area contributed by atoms with E-state index in [1.165, 1.54) is 0 Å². The Labute approximate surface area is 207 Å². The van der Waals surface area contributed by atoms with Gasteiger partial charge in [-0.05, 0) is 36.8 Å². The molecule has 2 aliphatic rings. The van der Waals surface area contributed by atoms with Gasteiger partial charge in [0.2, 0.25) is 5.91 Å². The van der Waals surface area contributed by atoms with Gasteiger partial charge in [-0.1, -0.05) is 39.0 Å². The predicted molar refractivity (Wildman–Crippen MR) is 137 cm³/mol. The molecule has 2 saturated heterocycles. The fourth-order valence-corrected chi connectivity index (χ4v) is 4.99. The number of carbonyl (C=O) groups excluding carboxylic acids is 1. The summed E-state index contributed by atoms with van der Waals surface area (Å²) in [6, 6.07) is 10.1. The van der Waals surface area contributed by atoms with Crippen molar-refractivity contribution in [3.63, 3.8) is 0 Å². The molecule has 0 unspecified atom stereocenters. The van der Waals surface area contributed by atoms with Gasteiger partial charge >= 0.3 is 0 Å². The average Bonchev–Trinajstić information content (AvgIpc) is 3.12. The number of hydrogen-bond acceptors (Lipinski definition) is 6. The highest BCUT2D eigenvalue weighted by Crippen LogP contribution is 2.32. The first-order valence-corrected chi connectivity index (χ1v) is 12.8. The number of anilines is 1. The highest BCUT2D eigenvalue weighted by atomic mass is 16.5. The molecule has 1 aromatic carbocycles. The molecule has 2 fully saturated rings. The van der Waals surface area contributed by atoms with Gasteiger partial charge in [0.25, 0.3) is 0 Å². The van der Waals surface area contributed by atoms with E-state index in [-0.39, 0.29) is 17.2 Å². The number of benzene rings is 1. The number of hydrogen-bond donors (Lipinski definition) is 0. The Kier molecular flexibility index (Phi) is 6.73. The normalized spacial score (nSPS) is 18.1. The van der Waals surface area contributed by atoms with Crippen LogP contribution in [0.4, 0.5) is 5.82 Å². The van der Waals surface area contributed by atoms with Crippen molar-refractivity contribution < 1.29 is 9.53 Å². The molecule has 4 heterocycles. The van der Waals surface area contributed by atoms with Crippen LogP contribution in [0.2, 0.25) is 0 Å². The summed E-state index contributed by atoms with van der Waals surface area (Å²) in [5.74, 6) is 2.33. The molecule has 0 radical (unpaired) electrons. The molecular formula is C27H36N6O2. The zero-order valence-corrected chi connectivity index (χ0v) is 21.1. The van der Waals surface area contributed by atoms with Crippen LogP contribution >= 0.6 is 0 Å². The topological polar surface area (TPSA) is 76.4 Å². The summed E-state index contributed by atoms with van der Waals surface area (Å²) in [6.45, 7) is 11.0. The Morgan fingerprint density at radius 3 is 2.54 bits per heavy atom. The van der Waals surface area contributed by atoms with Crippen molar-refractivity contribution in [2.24, 2.45) is 5.41 Å². The molecule has 0 atom stereocenters. The van der Waals surface area contributed by atoms with E-state index in [9.17, 15) is 4.79 Å². The van der Waals surface area contributed by atoms with Crippen molar-refractivity contribution in [3.8, 4) is 5.69 Å². The van der Waals surface area contributed by atoms with Gasteiger partial charge in [0.1, 0.15) is 11.6 Å². The predicted octanol–water partition coefficient (Wildman–Crippen LogP) is 4.18. The van der Waals surface area contributed by atoms with Crippen molar-refractivity contribution in [1.29, 1.82) is 0 Å². The van der Waals surface area contributed by atoms with Crippen molar-refractivity contribution in [1.82, 2.24) is 24.6 Å². The lowest BCUT2D eigenvalue weighted by Crippen LogP contribution is -2.37. The Hall–Kier alpha value is -3.00. The number of carbonyl (C=O) groups is 1. The molecule has 0 aliphatic carbocycles. The first-order valence-electron chi connectivity index (χ1n) is 12.8. The smallest absolute Gasteiger partial charge is 0.223 e. The lowest BCUT2D eigenvalue weighted by Gasteiger charge is -2.27. The highest BCUT2D eigenvalue weighted by molar-refractivity contribution is 5.88. The summed E-state index contributed by atoms with van der Waals surface area (Å²) in [5.41, 5.74) is 1.82. The van der Waals surface area contributed by atoms with Gasteiger partial charge in [0.05, 0.1) is 17.3 Å². The third kappa shape index (κ3) is 5.32. The van der Waals surface area contributed by atoms with Gasteiger partial charge in [-0.3, -0.25) is 4.79 Å². The average molecular weight is 477 g/mol. The molecule has 8 nitrogen and oxygen atoms in total. The van der Waals surface area contributed by atoms with Crippen LogP contribution in [0.25, 0.3) is 16.7 Å². The Morgan fingerprint density at radius 1 is 1.03 bits per heavy atom. The molecule has 35 heavy (non-hydrogen) atoms. The minimum atomic E-state index is -0.00741. The SMILES string of the molecule is CC(C)(C)CC(=O)N1CCCN(c2nc(C3CCOCC3)nc3c2cnn3-c2ccccc2)CC1. The fraction of sp³-hybridized carbons (Fsp3) is 0.556. The number of nitrogens with zero attached hydrogens (tertiary/aromatic N) is 6. The van der Waals surface area contributed by atoms with Crippen molar-refractivity contribution in [2.75, 3.05) is 44.3 Å². The van der Waals surface area contributed by atoms with Crippen molar-refractivity contribution in [2.45, 2.75) is 52.4 Å². The van der Waals surface area contributed by atoms with Crippen LogP contribution in [0, 0.1) is 5.41 Å². The standard InChI is InChI=1S/C27H36N6O2/c1-27(2,3)18-23(34)31-12-7-13-32(15-14-31)25-22-19-28-33(21-8-5-4-6-9-21)26(22)30-24(29-25)20-10-16-35-17-11-20/h4-6,8-9,19-20H,7,10-18H2,1-3H3. The van der Waals surface area contributed by atoms with Gasteiger partial charge in [-0.25, -0.2) is 14.6 Å². The van der Waals surface area contributed by atoms with E-state index < -0.39 is 0 Å². The molecule has 5 rings (SSSR count). The maximum atomic E-state index is 12.9. The van der Waals surface area contributed by atoms with Gasteiger partial charge in [-0.2, -0.15) is 5.10 Å². The number of ether oxygens (including phenoxy) is 1. The molecule has 3 aromatic rings. The second-order valence-corrected chi connectivity index (χ2v) is 10.9. The zero-order valence-electron chi connectivity index (χ0n) is 21.1. The summed E-state index contributed by atoms with van der Waals surface area (Å²) < 4.78 is 7.51. The molecular weight excluding hydrogens is 440 g/mol. The third-order valence-electron chi connectivity index (χ3n) is 6.84. The molecule has 1 amide bonds. The first-order chi connectivity index (χ1) is 16.9. The van der Waals surface area contributed by atoms with E-state index in [0.29, 0.717) is 13.0 Å². The molecule has 0 bridgehead atoms. The molecule has 8 heteroatoms. The lowest BCUT2D eigenvalue weighted by molar-refractivity contribution is -0.132. The number of amides is 1. The third-order valence-corrected chi connectivity index (χ3v) is 6.84. The minimum Gasteiger partial charge on any atom is -0.381 e. The number of rotatable bonds is 4. The van der Waals surface area contributed by atoms with Crippen molar-refractivity contribution in [3.05, 3.63) is 42.4 Å². The van der Waals surface area contributed by atoms with E-state index in [2.05, 4.69) is 25.7 Å². The first kappa shape index (κ1) is 23.7. The van der Waals surface area contributed by atoms with E-state index in [4.69, 9.17) is 19.8 Å². The fourth-order valence-electron chi connectivity index (χ4n) is 4.99. The van der Waals surface area contributed by atoms with E-state index in [0.717, 1.165) is 80.5 Å².